The predicted octanol–water partition coefficient (Wildman–Crippen LogP) is 5.57. The Labute approximate surface area is 150 Å². The number of rotatable bonds is 5. The van der Waals surface area contributed by atoms with Crippen molar-refractivity contribution in [1.29, 1.82) is 0 Å². The molecule has 0 radical (unpaired) electrons. The van der Waals surface area contributed by atoms with Crippen molar-refractivity contribution in [2.45, 2.75) is 6.54 Å². The van der Waals surface area contributed by atoms with Gasteiger partial charge in [0.15, 0.2) is 0 Å². The molecule has 0 bridgehead atoms. The van der Waals surface area contributed by atoms with Crippen LogP contribution in [-0.4, -0.2) is 20.2 Å². The summed E-state index contributed by atoms with van der Waals surface area (Å²) in [6.45, 7) is 7.46. The number of ether oxygens (including phenoxy) is 2. The second-order valence-corrected chi connectivity index (χ2v) is 5.42. The van der Waals surface area contributed by atoms with Crippen LogP contribution in [0.1, 0.15) is 5.56 Å². The molecule has 2 aromatic carbocycles. The topological polar surface area (TPSA) is 47.5 Å². The number of halogens is 2. The molecule has 0 aromatic heterocycles. The van der Waals surface area contributed by atoms with Crippen LogP contribution >= 0.6 is 23.2 Å². The van der Waals surface area contributed by atoms with Crippen molar-refractivity contribution in [1.82, 2.24) is 0 Å². The molecule has 5 nitrogen and oxygen atoms in total. The van der Waals surface area contributed by atoms with E-state index in [2.05, 4.69) is 20.8 Å². The van der Waals surface area contributed by atoms with E-state index >= 15 is 0 Å². The number of aliphatic imine (C=N–C) groups is 2. The summed E-state index contributed by atoms with van der Waals surface area (Å²) in [4.78, 5) is 11.5. The third kappa shape index (κ3) is 4.27. The van der Waals surface area contributed by atoms with Crippen molar-refractivity contribution in [3.05, 3.63) is 57.4 Å². The minimum Gasteiger partial charge on any atom is -0.497 e. The fraction of sp³-hybridized carbons (Fsp3) is 0.176. The molecule has 0 aliphatic carbocycles. The maximum atomic E-state index is 7.15. The highest BCUT2D eigenvalue weighted by Crippen LogP contribution is 2.38. The van der Waals surface area contributed by atoms with Gasteiger partial charge in [-0.3, -0.25) is 0 Å². The molecule has 122 valence electrons. The lowest BCUT2D eigenvalue weighted by atomic mass is 10.2. The van der Waals surface area contributed by atoms with Gasteiger partial charge in [-0.05, 0) is 24.3 Å². The zero-order valence-electron chi connectivity index (χ0n) is 13.0. The molecule has 7 heteroatoms. The van der Waals surface area contributed by atoms with E-state index in [9.17, 15) is 0 Å². The highest BCUT2D eigenvalue weighted by atomic mass is 35.5. The van der Waals surface area contributed by atoms with Crippen molar-refractivity contribution >= 4 is 40.6 Å². The second kappa shape index (κ2) is 8.37. The number of nitrogens with zero attached hydrogens (tertiary/aromatic N) is 3. The summed E-state index contributed by atoms with van der Waals surface area (Å²) in [5.74, 6) is 1.36. The smallest absolute Gasteiger partial charge is 0.216 e. The van der Waals surface area contributed by atoms with Gasteiger partial charge >= 0.3 is 0 Å². The summed E-state index contributed by atoms with van der Waals surface area (Å²) in [6.07, 6.45) is 0. The Morgan fingerprint density at radius 2 is 1.96 bits per heavy atom. The first-order valence-electron chi connectivity index (χ1n) is 6.78. The van der Waals surface area contributed by atoms with Gasteiger partial charge in [0.2, 0.25) is 5.69 Å². The maximum Gasteiger partial charge on any atom is 0.216 e. The third-order valence-corrected chi connectivity index (χ3v) is 3.61. The summed E-state index contributed by atoms with van der Waals surface area (Å²) < 4.78 is 10.4. The van der Waals surface area contributed by atoms with E-state index in [0.29, 0.717) is 28.8 Å². The van der Waals surface area contributed by atoms with Crippen LogP contribution in [0.25, 0.3) is 4.85 Å². The molecule has 0 saturated carbocycles. The standard InChI is InChI=1S/C17H13Cl2N3O2/c1-20-15-7-12(18)6-14(19)17(15)22-10-21-9-11-4-5-13(23-2)8-16(11)24-3/h4-8H,9H2,2-3H3. The largest absolute Gasteiger partial charge is 0.497 e. The zero-order valence-corrected chi connectivity index (χ0v) is 14.5. The van der Waals surface area contributed by atoms with Crippen molar-refractivity contribution in [2.24, 2.45) is 9.98 Å². The van der Waals surface area contributed by atoms with E-state index in [-0.39, 0.29) is 10.7 Å². The van der Waals surface area contributed by atoms with E-state index in [4.69, 9.17) is 39.2 Å². The summed E-state index contributed by atoms with van der Waals surface area (Å²) >= 11 is 11.9. The van der Waals surface area contributed by atoms with Gasteiger partial charge in [-0.1, -0.05) is 23.2 Å². The van der Waals surface area contributed by atoms with Crippen molar-refractivity contribution in [2.75, 3.05) is 14.2 Å². The first-order chi connectivity index (χ1) is 11.6. The monoisotopic (exact) mass is 361 g/mol. The maximum absolute atomic E-state index is 7.15. The van der Waals surface area contributed by atoms with Crippen LogP contribution < -0.4 is 9.47 Å². The number of hydrogen-bond donors (Lipinski definition) is 0. The van der Waals surface area contributed by atoms with Crippen LogP contribution in [-0.2, 0) is 6.54 Å². The molecule has 0 amide bonds. The van der Waals surface area contributed by atoms with Crippen LogP contribution in [0.2, 0.25) is 10.0 Å². The molecule has 0 N–H and O–H groups in total. The van der Waals surface area contributed by atoms with Crippen LogP contribution in [0.3, 0.4) is 0 Å². The first-order valence-corrected chi connectivity index (χ1v) is 7.54. The molecule has 0 unspecified atom stereocenters. The van der Waals surface area contributed by atoms with Gasteiger partial charge in [-0.25, -0.2) is 9.84 Å². The van der Waals surface area contributed by atoms with Crippen LogP contribution in [0.15, 0.2) is 40.3 Å². The molecule has 0 spiro atoms. The molecule has 0 aliphatic heterocycles. The summed E-state index contributed by atoms with van der Waals surface area (Å²) in [5.41, 5.74) is 1.40. The average molecular weight is 362 g/mol. The zero-order chi connectivity index (χ0) is 17.5. The fourth-order valence-corrected chi connectivity index (χ4v) is 2.46. The molecule has 0 atom stereocenters. The molecule has 0 heterocycles. The molecular formula is C17H13Cl2N3O2. The van der Waals surface area contributed by atoms with E-state index in [1.165, 1.54) is 12.1 Å². The van der Waals surface area contributed by atoms with E-state index in [1.807, 2.05) is 12.1 Å². The van der Waals surface area contributed by atoms with E-state index in [0.717, 1.165) is 5.56 Å². The fourth-order valence-electron chi connectivity index (χ4n) is 1.94. The molecule has 0 aliphatic rings. The Morgan fingerprint density at radius 1 is 1.17 bits per heavy atom. The molecule has 2 aromatic rings. The van der Waals surface area contributed by atoms with Gasteiger partial charge in [0.05, 0.1) is 44.1 Å². The minimum atomic E-state index is 0.247. The number of methoxy groups -OCH3 is 2. The molecule has 24 heavy (non-hydrogen) atoms. The molecular weight excluding hydrogens is 349 g/mol. The summed E-state index contributed by atoms with van der Waals surface area (Å²) in [7, 11) is 3.16. The van der Waals surface area contributed by atoms with Crippen LogP contribution in [0.4, 0.5) is 11.4 Å². The lowest BCUT2D eigenvalue weighted by Crippen LogP contribution is -1.92. The van der Waals surface area contributed by atoms with Gasteiger partial charge in [0.1, 0.15) is 11.5 Å². The van der Waals surface area contributed by atoms with Gasteiger partial charge < -0.3 is 9.47 Å². The van der Waals surface area contributed by atoms with Gasteiger partial charge in [-0.2, -0.15) is 4.99 Å². The molecule has 2 rings (SSSR count). The molecule has 0 fully saturated rings. The SMILES string of the molecule is [C-]#[N+]c1cc(Cl)cc(Cl)c1N=C=NCc1ccc(OC)cc1OC. The Bertz CT molecular complexity index is 854. The van der Waals surface area contributed by atoms with Crippen molar-refractivity contribution in [3.63, 3.8) is 0 Å². The van der Waals surface area contributed by atoms with Gasteiger partial charge in [-0.15, -0.1) is 0 Å². The average Bonchev–Trinajstić information content (AvgIpc) is 2.59. The second-order valence-electron chi connectivity index (χ2n) is 4.57. The Hall–Kier alpha value is -2.51. The summed E-state index contributed by atoms with van der Waals surface area (Å²) in [5, 5.41) is 0.656. The minimum absolute atomic E-state index is 0.247. The Morgan fingerprint density at radius 3 is 2.62 bits per heavy atom. The van der Waals surface area contributed by atoms with Crippen molar-refractivity contribution < 1.29 is 9.47 Å². The number of benzene rings is 2. The van der Waals surface area contributed by atoms with E-state index in [1.54, 1.807) is 20.3 Å². The Balaban J connectivity index is 2.24. The predicted molar refractivity (Wildman–Crippen MR) is 95.5 cm³/mol. The molecule has 0 saturated heterocycles. The van der Waals surface area contributed by atoms with Crippen LogP contribution in [0.5, 0.6) is 11.5 Å². The Kier molecular flexibility index (Phi) is 6.22. The number of hydrogen-bond acceptors (Lipinski definition) is 4. The summed E-state index contributed by atoms with van der Waals surface area (Å²) in [6, 6.07) is 11.0. The quantitative estimate of drug-likeness (QED) is 0.516. The highest BCUT2D eigenvalue weighted by Gasteiger charge is 2.08. The van der Waals surface area contributed by atoms with Gasteiger partial charge in [0.25, 0.3) is 0 Å². The van der Waals surface area contributed by atoms with Crippen molar-refractivity contribution in [3.8, 4) is 11.5 Å². The lowest BCUT2D eigenvalue weighted by molar-refractivity contribution is 0.391. The third-order valence-electron chi connectivity index (χ3n) is 3.10. The lowest BCUT2D eigenvalue weighted by Gasteiger charge is -2.07. The first kappa shape index (κ1) is 17.8. The normalized spacial score (nSPS) is 9.62. The highest BCUT2D eigenvalue weighted by molar-refractivity contribution is 6.37. The van der Waals surface area contributed by atoms with Gasteiger partial charge in [0, 0.05) is 16.7 Å². The van der Waals surface area contributed by atoms with E-state index < -0.39 is 0 Å². The van der Waals surface area contributed by atoms with Crippen LogP contribution in [0, 0.1) is 6.57 Å².